The molecule has 0 radical (unpaired) electrons. The van der Waals surface area contributed by atoms with Crippen LogP contribution < -0.4 is 0 Å². The Balaban J connectivity index is 2.26. The lowest BCUT2D eigenvalue weighted by Crippen LogP contribution is -2.23. The van der Waals surface area contributed by atoms with Gasteiger partial charge < -0.3 is 0 Å². The standard InChI is InChI=1S/C21H24FN3O2S/c1-4-20(24(3)5-2)16-13-21(18-10-6-7-11-19(18)22)25(15-16)28(26,27)17-9-8-12-23-14-17/h6-15,20H,4-5H2,1-3H3/i3D3. The third-order valence-electron chi connectivity index (χ3n) is 4.64. The van der Waals surface area contributed by atoms with Crippen molar-refractivity contribution in [2.45, 2.75) is 31.2 Å². The largest absolute Gasteiger partial charge is 0.300 e. The average molecular weight is 405 g/mol. The van der Waals surface area contributed by atoms with E-state index in [0.717, 1.165) is 3.97 Å². The van der Waals surface area contributed by atoms with Crippen LogP contribution in [0.2, 0.25) is 0 Å². The number of benzene rings is 1. The molecule has 0 N–H and O–H groups in total. The molecule has 2 aromatic heterocycles. The fraction of sp³-hybridized carbons (Fsp3) is 0.286. The van der Waals surface area contributed by atoms with E-state index in [1.165, 1.54) is 53.8 Å². The van der Waals surface area contributed by atoms with Crippen LogP contribution in [0.15, 0.2) is 66.0 Å². The zero-order chi connectivity index (χ0) is 22.8. The summed E-state index contributed by atoms with van der Waals surface area (Å²) in [6.45, 7) is 1.44. The molecule has 0 aliphatic carbocycles. The minimum absolute atomic E-state index is 0.0500. The molecule has 3 rings (SSSR count). The van der Waals surface area contributed by atoms with Crippen LogP contribution in [-0.2, 0) is 10.0 Å². The van der Waals surface area contributed by atoms with Crippen molar-refractivity contribution in [3.05, 3.63) is 72.4 Å². The van der Waals surface area contributed by atoms with Gasteiger partial charge in [-0.2, -0.15) is 0 Å². The van der Waals surface area contributed by atoms with Gasteiger partial charge in [-0.15, -0.1) is 0 Å². The normalized spacial score (nSPS) is 15.1. The highest BCUT2D eigenvalue weighted by atomic mass is 32.2. The Kier molecular flexibility index (Phi) is 4.84. The Morgan fingerprint density at radius 2 is 2.04 bits per heavy atom. The summed E-state index contributed by atoms with van der Waals surface area (Å²) in [4.78, 5) is 5.16. The summed E-state index contributed by atoms with van der Waals surface area (Å²) in [6, 6.07) is 9.76. The van der Waals surface area contributed by atoms with Gasteiger partial charge in [-0.05, 0) is 55.8 Å². The quantitative estimate of drug-likeness (QED) is 0.588. The van der Waals surface area contributed by atoms with Gasteiger partial charge in [0.05, 0.1) is 5.69 Å². The van der Waals surface area contributed by atoms with E-state index in [1.54, 1.807) is 19.1 Å². The predicted octanol–water partition coefficient (Wildman–Crippen LogP) is 4.33. The molecule has 5 nitrogen and oxygen atoms in total. The molecule has 2 heterocycles. The Bertz CT molecular complexity index is 1150. The summed E-state index contributed by atoms with van der Waals surface area (Å²) >= 11 is 0. The van der Waals surface area contributed by atoms with Crippen molar-refractivity contribution >= 4 is 10.0 Å². The van der Waals surface area contributed by atoms with E-state index >= 15 is 0 Å². The predicted molar refractivity (Wildman–Crippen MR) is 108 cm³/mol. The summed E-state index contributed by atoms with van der Waals surface area (Å²) in [5.74, 6) is -0.578. The van der Waals surface area contributed by atoms with E-state index < -0.39 is 28.9 Å². The second-order valence-corrected chi connectivity index (χ2v) is 8.15. The molecule has 0 spiro atoms. The molecule has 1 aromatic carbocycles. The Morgan fingerprint density at radius 3 is 2.64 bits per heavy atom. The van der Waals surface area contributed by atoms with Crippen LogP contribution in [0.5, 0.6) is 0 Å². The number of halogens is 1. The van der Waals surface area contributed by atoms with Gasteiger partial charge in [0, 0.05) is 34.3 Å². The van der Waals surface area contributed by atoms with E-state index in [2.05, 4.69) is 4.98 Å². The first-order valence-corrected chi connectivity index (χ1v) is 10.4. The highest BCUT2D eigenvalue weighted by molar-refractivity contribution is 7.90. The molecule has 0 aliphatic heterocycles. The lowest BCUT2D eigenvalue weighted by atomic mass is 10.0. The molecule has 1 unspecified atom stereocenters. The Morgan fingerprint density at radius 1 is 1.25 bits per heavy atom. The Labute approximate surface area is 169 Å². The number of hydrogen-bond acceptors (Lipinski definition) is 4. The molecule has 148 valence electrons. The van der Waals surface area contributed by atoms with E-state index in [4.69, 9.17) is 4.11 Å². The van der Waals surface area contributed by atoms with Gasteiger partial charge in [0.2, 0.25) is 0 Å². The molecule has 0 fully saturated rings. The highest BCUT2D eigenvalue weighted by Gasteiger charge is 2.26. The first-order chi connectivity index (χ1) is 14.6. The first-order valence-electron chi connectivity index (χ1n) is 10.5. The van der Waals surface area contributed by atoms with E-state index in [9.17, 15) is 12.8 Å². The van der Waals surface area contributed by atoms with Crippen LogP contribution in [0.3, 0.4) is 0 Å². The molecular formula is C21H24FN3O2S. The topological polar surface area (TPSA) is 55.2 Å². The molecule has 1 atom stereocenters. The lowest BCUT2D eigenvalue weighted by molar-refractivity contribution is 0.251. The molecule has 3 aromatic rings. The van der Waals surface area contributed by atoms with Gasteiger partial charge >= 0.3 is 0 Å². The molecule has 0 bridgehead atoms. The lowest BCUT2D eigenvalue weighted by Gasteiger charge is -2.24. The van der Waals surface area contributed by atoms with Crippen molar-refractivity contribution in [3.8, 4) is 11.3 Å². The smallest absolute Gasteiger partial charge is 0.269 e. The monoisotopic (exact) mass is 404 g/mol. The van der Waals surface area contributed by atoms with Crippen molar-refractivity contribution in [3.63, 3.8) is 0 Å². The fourth-order valence-electron chi connectivity index (χ4n) is 3.18. The van der Waals surface area contributed by atoms with Gasteiger partial charge in [0.25, 0.3) is 10.0 Å². The van der Waals surface area contributed by atoms with Crippen LogP contribution in [0.1, 0.15) is 36.0 Å². The third-order valence-corrected chi connectivity index (χ3v) is 6.29. The van der Waals surface area contributed by atoms with Crippen molar-refractivity contribution in [2.24, 2.45) is 0 Å². The average Bonchev–Trinajstić information content (AvgIpc) is 3.17. The summed E-state index contributed by atoms with van der Waals surface area (Å²) in [7, 11) is -4.09. The SMILES string of the molecule is [2H]C([2H])([2H])N(CC)C(CC)c1cc(-c2ccccc2F)n(S(=O)(=O)c2cccnc2)c1. The van der Waals surface area contributed by atoms with E-state index in [1.807, 2.05) is 6.92 Å². The van der Waals surface area contributed by atoms with Gasteiger partial charge in [-0.1, -0.05) is 26.0 Å². The molecule has 28 heavy (non-hydrogen) atoms. The van der Waals surface area contributed by atoms with Gasteiger partial charge in [-0.3, -0.25) is 9.88 Å². The van der Waals surface area contributed by atoms with Crippen LogP contribution in [0.4, 0.5) is 4.39 Å². The second-order valence-electron chi connectivity index (χ2n) is 6.34. The van der Waals surface area contributed by atoms with Crippen molar-refractivity contribution in [1.82, 2.24) is 13.9 Å². The number of hydrogen-bond donors (Lipinski definition) is 0. The van der Waals surface area contributed by atoms with Crippen molar-refractivity contribution in [2.75, 3.05) is 13.5 Å². The third kappa shape index (κ3) is 3.72. The van der Waals surface area contributed by atoms with Crippen LogP contribution >= 0.6 is 0 Å². The van der Waals surface area contributed by atoms with E-state index in [-0.39, 0.29) is 22.7 Å². The maximum absolute atomic E-state index is 14.6. The maximum atomic E-state index is 14.6. The van der Waals surface area contributed by atoms with Crippen molar-refractivity contribution < 1.29 is 16.9 Å². The maximum Gasteiger partial charge on any atom is 0.269 e. The Hall–Kier alpha value is -2.51. The van der Waals surface area contributed by atoms with Crippen LogP contribution in [-0.4, -0.2) is 35.8 Å². The van der Waals surface area contributed by atoms with Crippen molar-refractivity contribution in [1.29, 1.82) is 0 Å². The minimum atomic E-state index is -4.09. The molecular weight excluding hydrogens is 377 g/mol. The van der Waals surface area contributed by atoms with Gasteiger partial charge in [-0.25, -0.2) is 16.8 Å². The summed E-state index contributed by atoms with van der Waals surface area (Å²) in [6.07, 6.45) is 4.49. The molecule has 0 amide bonds. The van der Waals surface area contributed by atoms with E-state index in [0.29, 0.717) is 12.0 Å². The number of nitrogens with zero attached hydrogens (tertiary/aromatic N) is 3. The zero-order valence-corrected chi connectivity index (χ0v) is 16.5. The van der Waals surface area contributed by atoms with Gasteiger partial charge in [0.15, 0.2) is 0 Å². The van der Waals surface area contributed by atoms with Crippen LogP contribution in [0, 0.1) is 5.82 Å². The molecule has 0 aliphatic rings. The van der Waals surface area contributed by atoms with Gasteiger partial charge in [0.1, 0.15) is 10.7 Å². The second kappa shape index (κ2) is 8.24. The summed E-state index contributed by atoms with van der Waals surface area (Å²) < 4.78 is 66.0. The zero-order valence-electron chi connectivity index (χ0n) is 18.7. The molecule has 0 saturated heterocycles. The molecule has 0 saturated carbocycles. The number of aromatic nitrogens is 2. The highest BCUT2D eigenvalue weighted by Crippen LogP contribution is 2.33. The molecule has 7 heteroatoms. The van der Waals surface area contributed by atoms with Crippen LogP contribution in [0.25, 0.3) is 11.3 Å². The minimum Gasteiger partial charge on any atom is -0.300 e. The summed E-state index contributed by atoms with van der Waals surface area (Å²) in [5.41, 5.74) is 0.705. The number of pyridine rings is 1. The fourth-order valence-corrected chi connectivity index (χ4v) is 4.52. The summed E-state index contributed by atoms with van der Waals surface area (Å²) in [5, 5.41) is 0. The number of rotatable bonds is 7. The first kappa shape index (κ1) is 16.4.